The van der Waals surface area contributed by atoms with E-state index in [1.165, 1.54) is 44.2 Å². The summed E-state index contributed by atoms with van der Waals surface area (Å²) in [6.07, 6.45) is 9.39. The lowest BCUT2D eigenvalue weighted by molar-refractivity contribution is -0.117. The molecule has 2 aliphatic rings. The molecule has 2 aromatic rings. The lowest BCUT2D eigenvalue weighted by atomic mass is 9.89. The molecule has 1 amide bonds. The minimum Gasteiger partial charge on any atom is -0.506 e. The smallest absolute Gasteiger partial charge is 0.326 e. The van der Waals surface area contributed by atoms with Crippen LogP contribution >= 0.6 is 0 Å². The van der Waals surface area contributed by atoms with E-state index in [-0.39, 0.29) is 5.56 Å². The van der Waals surface area contributed by atoms with Crippen LogP contribution in [0.4, 0.5) is 10.1 Å². The fraction of sp³-hybridized carbons (Fsp3) is 0.444. The number of rotatable bonds is 4. The third kappa shape index (κ3) is 3.44. The Balaban J connectivity index is 1.65. The largest absolute Gasteiger partial charge is 0.506 e. The molecule has 1 aliphatic heterocycles. The number of hydrogen-bond donors (Lipinski definition) is 2. The average Bonchev–Trinajstić information content (AvgIpc) is 3.19. The summed E-state index contributed by atoms with van der Waals surface area (Å²) in [6, 6.07) is 2.55. The van der Waals surface area contributed by atoms with Gasteiger partial charge < -0.3 is 9.67 Å². The van der Waals surface area contributed by atoms with Crippen molar-refractivity contribution in [2.45, 2.75) is 38.6 Å². The van der Waals surface area contributed by atoms with Crippen molar-refractivity contribution in [3.63, 3.8) is 0 Å². The third-order valence-electron chi connectivity index (χ3n) is 5.27. The van der Waals surface area contributed by atoms with Gasteiger partial charge in [-0.05, 0) is 30.9 Å². The molecule has 150 valence electrons. The Bertz CT molecular complexity index is 1010. The number of phenolic OH excluding ortho intramolecular Hbond substituents is 1. The molecule has 1 saturated heterocycles. The second-order valence-corrected chi connectivity index (χ2v) is 8.89. The van der Waals surface area contributed by atoms with Crippen LogP contribution in [0.2, 0.25) is 0 Å². The summed E-state index contributed by atoms with van der Waals surface area (Å²) in [4.78, 5) is 15.7. The molecule has 0 bridgehead atoms. The van der Waals surface area contributed by atoms with E-state index in [9.17, 15) is 18.3 Å². The zero-order valence-corrected chi connectivity index (χ0v) is 16.0. The number of nitrogens with one attached hydrogen (secondary N) is 1. The molecule has 1 saturated carbocycles. The number of imidazole rings is 1. The maximum absolute atomic E-state index is 15.2. The van der Waals surface area contributed by atoms with Crippen molar-refractivity contribution in [3.05, 3.63) is 30.5 Å². The fourth-order valence-corrected chi connectivity index (χ4v) is 5.07. The van der Waals surface area contributed by atoms with Crippen molar-refractivity contribution < 1.29 is 22.7 Å². The summed E-state index contributed by atoms with van der Waals surface area (Å²) in [5.74, 6) is -1.73. The Hall–Kier alpha value is -2.62. The van der Waals surface area contributed by atoms with Crippen molar-refractivity contribution in [2.75, 3.05) is 10.8 Å². The highest BCUT2D eigenvalue weighted by molar-refractivity contribution is 7.92. The minimum absolute atomic E-state index is 0.0599. The standard InChI is InChI=1S/C18H21FN4O4S/c19-17-13(14-9-22(11-20-14)8-12-4-2-1-3-5-12)6-7-15(24)18(17)23-10-16(25)21-28(23,26)27/h6-7,9,11-12,24H,1-5,8,10H2,(H,21,25). The molecular weight excluding hydrogens is 387 g/mol. The van der Waals surface area contributed by atoms with Gasteiger partial charge in [0, 0.05) is 18.3 Å². The van der Waals surface area contributed by atoms with Crippen LogP contribution in [0.1, 0.15) is 32.1 Å². The molecule has 0 spiro atoms. The Morgan fingerprint density at radius 1 is 1.25 bits per heavy atom. The number of hydrogen-bond acceptors (Lipinski definition) is 5. The van der Waals surface area contributed by atoms with E-state index >= 15 is 4.39 Å². The Morgan fingerprint density at radius 3 is 2.68 bits per heavy atom. The first-order valence-electron chi connectivity index (χ1n) is 9.22. The van der Waals surface area contributed by atoms with Crippen molar-refractivity contribution in [2.24, 2.45) is 5.92 Å². The molecule has 1 aromatic carbocycles. The summed E-state index contributed by atoms with van der Waals surface area (Å²) >= 11 is 0. The predicted octanol–water partition coefficient (Wildman–Crippen LogP) is 2.16. The Kier molecular flexibility index (Phi) is 4.74. The topological polar surface area (TPSA) is 105 Å². The fourth-order valence-electron chi connectivity index (χ4n) is 3.90. The van der Waals surface area contributed by atoms with Crippen LogP contribution in [0.15, 0.2) is 24.7 Å². The van der Waals surface area contributed by atoms with E-state index in [4.69, 9.17) is 0 Å². The van der Waals surface area contributed by atoms with Crippen LogP contribution in [-0.4, -0.2) is 35.5 Å². The van der Waals surface area contributed by atoms with Gasteiger partial charge in [-0.1, -0.05) is 19.3 Å². The number of aromatic hydroxyl groups is 1. The lowest BCUT2D eigenvalue weighted by Crippen LogP contribution is -2.30. The van der Waals surface area contributed by atoms with Crippen molar-refractivity contribution in [1.82, 2.24) is 14.3 Å². The molecule has 8 nitrogen and oxygen atoms in total. The normalized spacial score (nSPS) is 19.8. The van der Waals surface area contributed by atoms with Gasteiger partial charge >= 0.3 is 10.2 Å². The molecule has 1 aromatic heterocycles. The average molecular weight is 408 g/mol. The minimum atomic E-state index is -4.24. The first-order chi connectivity index (χ1) is 13.3. The monoisotopic (exact) mass is 408 g/mol. The van der Waals surface area contributed by atoms with Crippen LogP contribution < -0.4 is 9.03 Å². The number of anilines is 1. The van der Waals surface area contributed by atoms with Crippen LogP contribution in [-0.2, 0) is 21.5 Å². The maximum atomic E-state index is 15.2. The van der Waals surface area contributed by atoms with Gasteiger partial charge in [-0.15, -0.1) is 0 Å². The van der Waals surface area contributed by atoms with Gasteiger partial charge in [0.15, 0.2) is 5.82 Å². The second-order valence-electron chi connectivity index (χ2n) is 7.29. The van der Waals surface area contributed by atoms with Gasteiger partial charge in [-0.25, -0.2) is 18.4 Å². The molecule has 2 fully saturated rings. The van der Waals surface area contributed by atoms with E-state index in [2.05, 4.69) is 4.98 Å². The molecule has 0 unspecified atom stereocenters. The molecule has 28 heavy (non-hydrogen) atoms. The van der Waals surface area contributed by atoms with E-state index < -0.39 is 39.9 Å². The Morgan fingerprint density at radius 2 is 2.00 bits per heavy atom. The number of carbonyl (C=O) groups is 1. The van der Waals surface area contributed by atoms with Gasteiger partial charge in [-0.3, -0.25) is 4.79 Å². The zero-order valence-electron chi connectivity index (χ0n) is 15.1. The Labute approximate surface area is 162 Å². The van der Waals surface area contributed by atoms with Gasteiger partial charge in [0.05, 0.1) is 12.0 Å². The number of phenols is 1. The maximum Gasteiger partial charge on any atom is 0.326 e. The predicted molar refractivity (Wildman–Crippen MR) is 100 cm³/mol. The molecule has 2 N–H and O–H groups in total. The number of aromatic nitrogens is 2. The molecule has 0 atom stereocenters. The number of nitrogens with zero attached hydrogens (tertiary/aromatic N) is 3. The SMILES string of the molecule is O=C1CN(c2c(O)ccc(-c3cn(CC4CCCCC4)cn3)c2F)S(=O)(=O)N1. The van der Waals surface area contributed by atoms with Gasteiger partial charge in [0.25, 0.3) is 5.91 Å². The number of carbonyl (C=O) groups excluding carboxylic acids is 1. The highest BCUT2D eigenvalue weighted by Gasteiger charge is 2.38. The first-order valence-corrected chi connectivity index (χ1v) is 10.7. The summed E-state index contributed by atoms with van der Waals surface area (Å²) in [7, 11) is -4.24. The summed E-state index contributed by atoms with van der Waals surface area (Å²) in [6.45, 7) is 0.213. The molecular formula is C18H21FN4O4S. The van der Waals surface area contributed by atoms with Gasteiger partial charge in [0.1, 0.15) is 18.0 Å². The highest BCUT2D eigenvalue weighted by Crippen LogP contribution is 2.38. The molecule has 4 rings (SSSR count). The van der Waals surface area contributed by atoms with Crippen molar-refractivity contribution in [3.8, 4) is 17.0 Å². The molecule has 2 heterocycles. The van der Waals surface area contributed by atoms with Crippen LogP contribution in [0.25, 0.3) is 11.3 Å². The molecule has 0 radical (unpaired) electrons. The zero-order chi connectivity index (χ0) is 19.9. The highest BCUT2D eigenvalue weighted by atomic mass is 32.2. The van der Waals surface area contributed by atoms with Crippen molar-refractivity contribution in [1.29, 1.82) is 0 Å². The molecule has 1 aliphatic carbocycles. The van der Waals surface area contributed by atoms with Crippen LogP contribution in [0.3, 0.4) is 0 Å². The van der Waals surface area contributed by atoms with Crippen LogP contribution in [0.5, 0.6) is 5.75 Å². The van der Waals surface area contributed by atoms with Gasteiger partial charge in [0.2, 0.25) is 0 Å². The van der Waals surface area contributed by atoms with E-state index in [1.54, 1.807) is 17.2 Å². The molecule has 10 heteroatoms. The van der Waals surface area contributed by atoms with E-state index in [0.717, 1.165) is 6.54 Å². The number of benzene rings is 1. The second kappa shape index (κ2) is 7.08. The quantitative estimate of drug-likeness (QED) is 0.807. The summed E-state index contributed by atoms with van der Waals surface area (Å²) < 4.78 is 43.5. The third-order valence-corrected chi connectivity index (χ3v) is 6.64. The number of halogens is 1. The summed E-state index contributed by atoms with van der Waals surface area (Å²) in [5.41, 5.74) is -0.159. The van der Waals surface area contributed by atoms with E-state index in [0.29, 0.717) is 15.9 Å². The summed E-state index contributed by atoms with van der Waals surface area (Å²) in [5, 5.41) is 10.1. The van der Waals surface area contributed by atoms with Gasteiger partial charge in [-0.2, -0.15) is 8.42 Å². The van der Waals surface area contributed by atoms with E-state index in [1.807, 2.05) is 4.57 Å². The van der Waals surface area contributed by atoms with Crippen LogP contribution in [0, 0.1) is 11.7 Å². The number of amides is 1. The lowest BCUT2D eigenvalue weighted by Gasteiger charge is -2.21. The van der Waals surface area contributed by atoms with Crippen molar-refractivity contribution >= 4 is 21.8 Å². The first kappa shape index (κ1) is 18.7.